The van der Waals surface area contributed by atoms with E-state index in [1.54, 1.807) is 0 Å². The van der Waals surface area contributed by atoms with Gasteiger partial charge in [0.2, 0.25) is 0 Å². The highest BCUT2D eigenvalue weighted by Crippen LogP contribution is 2.38. The molecule has 0 saturated heterocycles. The Labute approximate surface area is 93.5 Å². The van der Waals surface area contributed by atoms with Gasteiger partial charge in [-0.1, -0.05) is 13.3 Å². The van der Waals surface area contributed by atoms with Gasteiger partial charge in [0, 0.05) is 19.8 Å². The van der Waals surface area contributed by atoms with Crippen LogP contribution in [0.1, 0.15) is 36.6 Å². The fraction of sp³-hybridized carbons (Fsp3) is 0.667. The molecular weight excluding hydrogens is 183 g/mol. The van der Waals surface area contributed by atoms with E-state index in [1.165, 1.54) is 29.1 Å². The van der Waals surface area contributed by atoms with E-state index in [9.17, 15) is 0 Å². The molecule has 1 heterocycles. The Morgan fingerprint density at radius 1 is 1.40 bits per heavy atom. The van der Waals surface area contributed by atoms with Gasteiger partial charge in [0.25, 0.3) is 0 Å². The lowest BCUT2D eigenvalue weighted by atomic mass is 9.61. The molecule has 1 aliphatic rings. The van der Waals surface area contributed by atoms with Crippen molar-refractivity contribution in [3.05, 3.63) is 16.8 Å². The van der Waals surface area contributed by atoms with Crippen molar-refractivity contribution in [1.82, 2.24) is 4.98 Å². The highest BCUT2D eigenvalue weighted by atomic mass is 15.1. The minimum atomic E-state index is -0.174. The van der Waals surface area contributed by atoms with Crippen molar-refractivity contribution >= 4 is 13.7 Å². The number of H-pyrrole nitrogens is 1. The molecule has 1 aliphatic carbocycles. The summed E-state index contributed by atoms with van der Waals surface area (Å²) < 4.78 is 0. The molecule has 0 spiro atoms. The van der Waals surface area contributed by atoms with Crippen LogP contribution in [-0.2, 0) is 11.7 Å². The normalized spacial score (nSPS) is 25.1. The lowest BCUT2D eigenvalue weighted by Gasteiger charge is -2.30. The first-order valence-corrected chi connectivity index (χ1v) is 5.61. The molecule has 1 aromatic heterocycles. The molecule has 2 radical (unpaired) electrons. The summed E-state index contributed by atoms with van der Waals surface area (Å²) in [7, 11) is 10.5. The van der Waals surface area contributed by atoms with Crippen LogP contribution in [0.5, 0.6) is 0 Å². The molecule has 3 heteroatoms. The summed E-state index contributed by atoms with van der Waals surface area (Å²) in [5, 5.41) is -0.174. The number of nitrogens with zero attached hydrogens (tertiary/aromatic N) is 1. The number of aromatic amines is 1. The summed E-state index contributed by atoms with van der Waals surface area (Å²) in [6.45, 7) is 4.31. The number of hydrogen-bond acceptors (Lipinski definition) is 1. The quantitative estimate of drug-likeness (QED) is 0.691. The van der Waals surface area contributed by atoms with E-state index < -0.39 is 0 Å². The van der Waals surface area contributed by atoms with Crippen LogP contribution in [0, 0.1) is 6.92 Å². The van der Waals surface area contributed by atoms with E-state index in [0.717, 1.165) is 12.8 Å². The SMILES string of the molecule is [B]C1(C)CCCc2c1[nH]c(N(C)C)c2C. The number of rotatable bonds is 1. The number of hydrogen-bond donors (Lipinski definition) is 1. The number of nitrogens with one attached hydrogen (secondary N) is 1. The summed E-state index contributed by atoms with van der Waals surface area (Å²) >= 11 is 0. The van der Waals surface area contributed by atoms with Gasteiger partial charge in [0.05, 0.1) is 7.85 Å². The predicted molar refractivity (Wildman–Crippen MR) is 65.9 cm³/mol. The van der Waals surface area contributed by atoms with Crippen LogP contribution in [0.25, 0.3) is 0 Å². The first-order valence-electron chi connectivity index (χ1n) is 5.61. The minimum Gasteiger partial charge on any atom is -0.364 e. The molecule has 0 bridgehead atoms. The Balaban J connectivity index is 2.55. The van der Waals surface area contributed by atoms with Gasteiger partial charge in [-0.2, -0.15) is 0 Å². The average Bonchev–Trinajstić information content (AvgIpc) is 2.45. The fourth-order valence-electron chi connectivity index (χ4n) is 2.62. The van der Waals surface area contributed by atoms with Gasteiger partial charge < -0.3 is 9.88 Å². The zero-order chi connectivity index (χ0) is 11.2. The summed E-state index contributed by atoms with van der Waals surface area (Å²) in [5.41, 5.74) is 4.05. The van der Waals surface area contributed by atoms with Crippen LogP contribution >= 0.6 is 0 Å². The summed E-state index contributed by atoms with van der Waals surface area (Å²) in [5.74, 6) is 1.21. The zero-order valence-electron chi connectivity index (χ0n) is 10.1. The maximum absolute atomic E-state index is 6.32. The molecule has 80 valence electrons. The molecule has 0 fully saturated rings. The third-order valence-electron chi connectivity index (χ3n) is 3.49. The molecule has 1 aromatic rings. The predicted octanol–water partition coefficient (Wildman–Crippen LogP) is 2.11. The third-order valence-corrected chi connectivity index (χ3v) is 3.49. The van der Waals surface area contributed by atoms with E-state index in [0.29, 0.717) is 0 Å². The lowest BCUT2D eigenvalue weighted by molar-refractivity contribution is 0.523. The molecule has 0 aromatic carbocycles. The van der Waals surface area contributed by atoms with E-state index in [2.05, 4.69) is 37.8 Å². The van der Waals surface area contributed by atoms with Crippen molar-refractivity contribution in [2.75, 3.05) is 19.0 Å². The molecule has 2 nitrogen and oxygen atoms in total. The van der Waals surface area contributed by atoms with Gasteiger partial charge >= 0.3 is 0 Å². The van der Waals surface area contributed by atoms with Crippen LogP contribution in [0.15, 0.2) is 0 Å². The molecule has 0 amide bonds. The Kier molecular flexibility index (Phi) is 2.36. The fourth-order valence-corrected chi connectivity index (χ4v) is 2.62. The van der Waals surface area contributed by atoms with E-state index >= 15 is 0 Å². The van der Waals surface area contributed by atoms with Crippen LogP contribution in [0.3, 0.4) is 0 Å². The Hall–Kier alpha value is -0.855. The number of anilines is 1. The molecule has 0 aliphatic heterocycles. The standard InChI is InChI=1S/C12H19BN2/c1-8-9-6-5-7-12(2,13)10(9)14-11(8)15(3)4/h14H,5-7H2,1-4H3. The highest BCUT2D eigenvalue weighted by molar-refractivity contribution is 6.15. The monoisotopic (exact) mass is 202 g/mol. The molecule has 15 heavy (non-hydrogen) atoms. The molecule has 2 rings (SSSR count). The van der Waals surface area contributed by atoms with E-state index in [4.69, 9.17) is 7.85 Å². The van der Waals surface area contributed by atoms with Crippen molar-refractivity contribution in [2.24, 2.45) is 0 Å². The van der Waals surface area contributed by atoms with Crippen molar-refractivity contribution < 1.29 is 0 Å². The Bertz CT molecular complexity index is 377. The van der Waals surface area contributed by atoms with Crippen molar-refractivity contribution in [2.45, 2.75) is 38.4 Å². The second kappa shape index (κ2) is 3.33. The lowest BCUT2D eigenvalue weighted by Crippen LogP contribution is -2.27. The molecular formula is C12H19BN2. The van der Waals surface area contributed by atoms with Gasteiger partial charge in [0.15, 0.2) is 0 Å². The van der Waals surface area contributed by atoms with Crippen LogP contribution in [-0.4, -0.2) is 26.9 Å². The average molecular weight is 202 g/mol. The zero-order valence-corrected chi connectivity index (χ0v) is 10.1. The highest BCUT2D eigenvalue weighted by Gasteiger charge is 2.30. The second-order valence-corrected chi connectivity index (χ2v) is 5.12. The maximum Gasteiger partial charge on any atom is 0.108 e. The van der Waals surface area contributed by atoms with Gasteiger partial charge in [-0.25, -0.2) is 0 Å². The third kappa shape index (κ3) is 1.58. The Morgan fingerprint density at radius 2 is 2.07 bits per heavy atom. The Morgan fingerprint density at radius 3 is 2.60 bits per heavy atom. The minimum absolute atomic E-state index is 0.174. The van der Waals surface area contributed by atoms with Crippen LogP contribution < -0.4 is 4.90 Å². The van der Waals surface area contributed by atoms with Gasteiger partial charge in [0.1, 0.15) is 5.82 Å². The molecule has 1 N–H and O–H groups in total. The molecule has 1 atom stereocenters. The van der Waals surface area contributed by atoms with Crippen molar-refractivity contribution in [3.8, 4) is 0 Å². The van der Waals surface area contributed by atoms with Gasteiger partial charge in [-0.15, -0.1) is 0 Å². The van der Waals surface area contributed by atoms with Crippen LogP contribution in [0.4, 0.5) is 5.82 Å². The van der Waals surface area contributed by atoms with Gasteiger partial charge in [-0.3, -0.25) is 0 Å². The smallest absolute Gasteiger partial charge is 0.108 e. The number of aromatic nitrogens is 1. The summed E-state index contributed by atoms with van der Waals surface area (Å²) in [6.07, 6.45) is 3.44. The number of fused-ring (bicyclic) bond motifs is 1. The van der Waals surface area contributed by atoms with Crippen molar-refractivity contribution in [3.63, 3.8) is 0 Å². The topological polar surface area (TPSA) is 19.0 Å². The molecule has 1 unspecified atom stereocenters. The first kappa shape index (κ1) is 10.7. The first-order chi connectivity index (χ1) is 6.93. The summed E-state index contributed by atoms with van der Waals surface area (Å²) in [4.78, 5) is 5.62. The van der Waals surface area contributed by atoms with E-state index in [-0.39, 0.29) is 5.31 Å². The maximum atomic E-state index is 6.32. The second-order valence-electron chi connectivity index (χ2n) is 5.12. The van der Waals surface area contributed by atoms with Crippen LogP contribution in [0.2, 0.25) is 0 Å². The largest absolute Gasteiger partial charge is 0.364 e. The molecule has 0 saturated carbocycles. The summed E-state index contributed by atoms with van der Waals surface area (Å²) in [6, 6.07) is 0. The van der Waals surface area contributed by atoms with Gasteiger partial charge in [-0.05, 0) is 36.2 Å². The van der Waals surface area contributed by atoms with Crippen molar-refractivity contribution in [1.29, 1.82) is 0 Å². The van der Waals surface area contributed by atoms with E-state index in [1.807, 2.05) is 0 Å².